The van der Waals surface area contributed by atoms with E-state index < -0.39 is 0 Å². The van der Waals surface area contributed by atoms with Crippen LogP contribution < -0.4 is 5.43 Å². The van der Waals surface area contributed by atoms with Gasteiger partial charge >= 0.3 is 0 Å². The smallest absolute Gasteiger partial charge is 0.0528 e. The summed E-state index contributed by atoms with van der Waals surface area (Å²) >= 11 is 0. The quantitative estimate of drug-likeness (QED) is 0.762. The van der Waals surface area contributed by atoms with Crippen LogP contribution in [0.1, 0.15) is 41.0 Å². The molecule has 0 bridgehead atoms. The van der Waals surface area contributed by atoms with Crippen LogP contribution in [0.25, 0.3) is 0 Å². The third-order valence-corrected chi connectivity index (χ3v) is 2.16. The number of hydrazine groups is 1. The Kier molecular flexibility index (Phi) is 7.74. The average Bonchev–Trinajstić information content (AvgIpc) is 2.32. The maximum Gasteiger partial charge on any atom is 0.0528 e. The SMILES string of the molecule is C/C=C1/C=CC=CN1NC(C)CC.CC. The van der Waals surface area contributed by atoms with Gasteiger partial charge in [0, 0.05) is 12.2 Å². The van der Waals surface area contributed by atoms with Crippen molar-refractivity contribution in [3.05, 3.63) is 36.2 Å². The lowest BCUT2D eigenvalue weighted by Crippen LogP contribution is -2.39. The Hall–Kier alpha value is -1.02. The topological polar surface area (TPSA) is 15.3 Å². The van der Waals surface area contributed by atoms with Crippen molar-refractivity contribution >= 4 is 0 Å². The summed E-state index contributed by atoms with van der Waals surface area (Å²) < 4.78 is 0. The van der Waals surface area contributed by atoms with Gasteiger partial charge in [-0.1, -0.05) is 32.9 Å². The molecule has 1 aliphatic heterocycles. The third-order valence-electron chi connectivity index (χ3n) is 2.16. The average molecular weight is 208 g/mol. The Labute approximate surface area is 94.3 Å². The maximum atomic E-state index is 3.40. The summed E-state index contributed by atoms with van der Waals surface area (Å²) in [7, 11) is 0. The van der Waals surface area contributed by atoms with E-state index in [0.717, 1.165) is 6.42 Å². The fourth-order valence-corrected chi connectivity index (χ4v) is 1.14. The minimum absolute atomic E-state index is 0.506. The molecule has 1 atom stereocenters. The van der Waals surface area contributed by atoms with Crippen LogP contribution in [0.15, 0.2) is 36.2 Å². The highest BCUT2D eigenvalue weighted by molar-refractivity contribution is 5.26. The summed E-state index contributed by atoms with van der Waals surface area (Å²) in [6.07, 6.45) is 11.4. The summed E-state index contributed by atoms with van der Waals surface area (Å²) in [6, 6.07) is 0.506. The normalized spacial score (nSPS) is 18.7. The molecule has 0 spiro atoms. The van der Waals surface area contributed by atoms with E-state index in [2.05, 4.69) is 36.4 Å². The zero-order valence-corrected chi connectivity index (χ0v) is 10.6. The van der Waals surface area contributed by atoms with Crippen molar-refractivity contribution in [3.8, 4) is 0 Å². The lowest BCUT2D eigenvalue weighted by atomic mass is 10.2. The van der Waals surface area contributed by atoms with Gasteiger partial charge in [-0.2, -0.15) is 0 Å². The molecule has 1 unspecified atom stereocenters. The first-order valence-electron chi connectivity index (χ1n) is 5.84. The van der Waals surface area contributed by atoms with E-state index >= 15 is 0 Å². The minimum Gasteiger partial charge on any atom is -0.284 e. The van der Waals surface area contributed by atoms with Gasteiger partial charge in [0.25, 0.3) is 0 Å². The summed E-state index contributed by atoms with van der Waals surface area (Å²) in [4.78, 5) is 0. The number of hydrogen-bond acceptors (Lipinski definition) is 2. The second-order valence-electron chi connectivity index (χ2n) is 3.22. The largest absolute Gasteiger partial charge is 0.284 e. The summed E-state index contributed by atoms with van der Waals surface area (Å²) in [5.41, 5.74) is 4.59. The first-order chi connectivity index (χ1) is 7.27. The molecule has 15 heavy (non-hydrogen) atoms. The van der Waals surface area contributed by atoms with Crippen molar-refractivity contribution in [1.29, 1.82) is 0 Å². The molecule has 0 amide bonds. The van der Waals surface area contributed by atoms with Gasteiger partial charge in [-0.3, -0.25) is 5.01 Å². The van der Waals surface area contributed by atoms with Crippen molar-refractivity contribution in [2.75, 3.05) is 0 Å². The highest BCUT2D eigenvalue weighted by atomic mass is 15.5. The fraction of sp³-hybridized carbons (Fsp3) is 0.538. The van der Waals surface area contributed by atoms with Crippen LogP contribution in [0.3, 0.4) is 0 Å². The molecule has 0 radical (unpaired) electrons. The first-order valence-corrected chi connectivity index (χ1v) is 5.84. The number of nitrogens with one attached hydrogen (secondary N) is 1. The lowest BCUT2D eigenvalue weighted by Gasteiger charge is -2.27. The zero-order valence-electron chi connectivity index (χ0n) is 10.6. The Morgan fingerprint density at radius 3 is 2.60 bits per heavy atom. The molecule has 0 aromatic carbocycles. The summed E-state index contributed by atoms with van der Waals surface area (Å²) in [5.74, 6) is 0. The number of allylic oxidation sites excluding steroid dienone is 4. The molecule has 0 saturated heterocycles. The molecule has 0 aliphatic carbocycles. The van der Waals surface area contributed by atoms with E-state index in [9.17, 15) is 0 Å². The molecule has 0 aromatic heterocycles. The molecule has 2 nitrogen and oxygen atoms in total. The van der Waals surface area contributed by atoms with Crippen LogP contribution in [0.4, 0.5) is 0 Å². The van der Waals surface area contributed by atoms with Crippen LogP contribution in [0, 0.1) is 0 Å². The van der Waals surface area contributed by atoms with Crippen LogP contribution in [-0.4, -0.2) is 11.1 Å². The number of hydrogen-bond donors (Lipinski definition) is 1. The molecular weight excluding hydrogens is 184 g/mol. The monoisotopic (exact) mass is 208 g/mol. The Morgan fingerprint density at radius 2 is 2.07 bits per heavy atom. The second kappa shape index (κ2) is 8.30. The molecular formula is C13H24N2. The predicted octanol–water partition coefficient (Wildman–Crippen LogP) is 3.61. The Bertz CT molecular complexity index is 239. The highest BCUT2D eigenvalue weighted by Gasteiger charge is 2.07. The van der Waals surface area contributed by atoms with Crippen LogP contribution >= 0.6 is 0 Å². The van der Waals surface area contributed by atoms with Gasteiger partial charge < -0.3 is 0 Å². The van der Waals surface area contributed by atoms with Gasteiger partial charge in [-0.25, -0.2) is 5.43 Å². The standard InChI is InChI=1S/C11H18N2.C2H6/c1-4-10(3)12-13-9-7-6-8-11(13)5-2;1-2/h5-10,12H,4H2,1-3H3;1-2H3/b11-5-;. The van der Waals surface area contributed by atoms with Gasteiger partial charge in [0.2, 0.25) is 0 Å². The van der Waals surface area contributed by atoms with E-state index in [0.29, 0.717) is 6.04 Å². The fourth-order valence-electron chi connectivity index (χ4n) is 1.14. The third kappa shape index (κ3) is 4.84. The van der Waals surface area contributed by atoms with Crippen LogP contribution in [0.2, 0.25) is 0 Å². The van der Waals surface area contributed by atoms with Crippen molar-refractivity contribution in [3.63, 3.8) is 0 Å². The van der Waals surface area contributed by atoms with Gasteiger partial charge in [0.1, 0.15) is 0 Å². The highest BCUT2D eigenvalue weighted by Crippen LogP contribution is 2.10. The molecule has 1 aliphatic rings. The van der Waals surface area contributed by atoms with E-state index in [4.69, 9.17) is 0 Å². The van der Waals surface area contributed by atoms with Crippen molar-refractivity contribution in [2.45, 2.75) is 47.1 Å². The second-order valence-corrected chi connectivity index (χ2v) is 3.22. The molecule has 1 N–H and O–H groups in total. The van der Waals surface area contributed by atoms with Crippen molar-refractivity contribution in [2.24, 2.45) is 0 Å². The summed E-state index contributed by atoms with van der Waals surface area (Å²) in [5, 5.41) is 2.06. The number of rotatable bonds is 3. The molecule has 1 rings (SSSR count). The van der Waals surface area contributed by atoms with E-state index in [1.54, 1.807) is 0 Å². The minimum atomic E-state index is 0.506. The molecule has 0 fully saturated rings. The Morgan fingerprint density at radius 1 is 1.40 bits per heavy atom. The molecule has 0 saturated carbocycles. The van der Waals surface area contributed by atoms with Crippen molar-refractivity contribution in [1.82, 2.24) is 10.4 Å². The molecule has 0 aromatic rings. The van der Waals surface area contributed by atoms with Gasteiger partial charge in [-0.05, 0) is 32.4 Å². The zero-order chi connectivity index (χ0) is 11.7. The lowest BCUT2D eigenvalue weighted by molar-refractivity contribution is 0.291. The summed E-state index contributed by atoms with van der Waals surface area (Å²) in [6.45, 7) is 10.4. The van der Waals surface area contributed by atoms with Crippen molar-refractivity contribution < 1.29 is 0 Å². The van der Waals surface area contributed by atoms with Gasteiger partial charge in [0.15, 0.2) is 0 Å². The van der Waals surface area contributed by atoms with E-state index in [-0.39, 0.29) is 0 Å². The first kappa shape index (κ1) is 14.0. The molecule has 86 valence electrons. The van der Waals surface area contributed by atoms with E-state index in [1.165, 1.54) is 5.70 Å². The van der Waals surface area contributed by atoms with Crippen LogP contribution in [0.5, 0.6) is 0 Å². The number of nitrogens with zero attached hydrogens (tertiary/aromatic N) is 1. The van der Waals surface area contributed by atoms with E-state index in [1.807, 2.05) is 39.1 Å². The maximum absolute atomic E-state index is 3.40. The Balaban J connectivity index is 0.000000921. The van der Waals surface area contributed by atoms with Gasteiger partial charge in [-0.15, -0.1) is 0 Å². The van der Waals surface area contributed by atoms with Crippen LogP contribution in [-0.2, 0) is 0 Å². The van der Waals surface area contributed by atoms with Gasteiger partial charge in [0.05, 0.1) is 5.70 Å². The predicted molar refractivity (Wildman–Crippen MR) is 68.1 cm³/mol. The molecule has 2 heteroatoms. The molecule has 1 heterocycles.